The summed E-state index contributed by atoms with van der Waals surface area (Å²) in [6, 6.07) is 0. The Bertz CT molecular complexity index is 235. The molecule has 82 valence electrons. The molecule has 0 aromatic rings. The lowest BCUT2D eigenvalue weighted by molar-refractivity contribution is -0.150. The normalized spacial score (nSPS) is 33.2. The molecule has 1 aliphatic rings. The monoisotopic (exact) mass is 200 g/mol. The van der Waals surface area contributed by atoms with Gasteiger partial charge in [-0.05, 0) is 34.1 Å². The van der Waals surface area contributed by atoms with E-state index in [1.807, 2.05) is 27.7 Å². The molecule has 1 heterocycles. The highest BCUT2D eigenvalue weighted by molar-refractivity contribution is 5.78. The van der Waals surface area contributed by atoms with Gasteiger partial charge in [0.25, 0.3) is 0 Å². The predicted molar refractivity (Wildman–Crippen MR) is 54.0 cm³/mol. The number of cyclic esters (lactones) is 1. The number of ether oxygens (including phenoxy) is 2. The summed E-state index contributed by atoms with van der Waals surface area (Å²) in [6.07, 6.45) is 1.54. The fourth-order valence-electron chi connectivity index (χ4n) is 2.24. The lowest BCUT2D eigenvalue weighted by Crippen LogP contribution is -2.35. The number of esters is 1. The van der Waals surface area contributed by atoms with Gasteiger partial charge in [0, 0.05) is 13.5 Å². The van der Waals surface area contributed by atoms with Gasteiger partial charge in [-0.25, -0.2) is 0 Å². The first kappa shape index (κ1) is 11.5. The molecule has 3 heteroatoms. The summed E-state index contributed by atoms with van der Waals surface area (Å²) in [5.74, 6) is -0.0878. The van der Waals surface area contributed by atoms with Gasteiger partial charge in [0.1, 0.15) is 6.10 Å². The van der Waals surface area contributed by atoms with Gasteiger partial charge in [0.2, 0.25) is 0 Å². The molecule has 2 unspecified atom stereocenters. The van der Waals surface area contributed by atoms with Gasteiger partial charge in [0.15, 0.2) is 0 Å². The number of hydrogen-bond donors (Lipinski definition) is 0. The Balaban J connectivity index is 2.72. The van der Waals surface area contributed by atoms with Crippen molar-refractivity contribution in [3.8, 4) is 0 Å². The van der Waals surface area contributed by atoms with Crippen LogP contribution in [-0.4, -0.2) is 24.8 Å². The van der Waals surface area contributed by atoms with Crippen molar-refractivity contribution in [2.45, 2.75) is 52.2 Å². The standard InChI is InChI=1S/C11H20O3/c1-8-6-11(4,9(12)14-8)7-10(2,3)13-5/h8H,6-7H2,1-5H3. The van der Waals surface area contributed by atoms with Crippen molar-refractivity contribution < 1.29 is 14.3 Å². The van der Waals surface area contributed by atoms with Crippen molar-refractivity contribution in [2.75, 3.05) is 7.11 Å². The Kier molecular flexibility index (Phi) is 2.91. The Morgan fingerprint density at radius 1 is 1.64 bits per heavy atom. The minimum atomic E-state index is -0.376. The predicted octanol–water partition coefficient (Wildman–Crippen LogP) is 2.14. The maximum Gasteiger partial charge on any atom is 0.312 e. The molecule has 14 heavy (non-hydrogen) atoms. The Morgan fingerprint density at radius 2 is 2.21 bits per heavy atom. The van der Waals surface area contributed by atoms with Crippen LogP contribution in [0.1, 0.15) is 40.5 Å². The lowest BCUT2D eigenvalue weighted by atomic mass is 9.78. The van der Waals surface area contributed by atoms with Crippen molar-refractivity contribution in [1.29, 1.82) is 0 Å². The summed E-state index contributed by atoms with van der Waals surface area (Å²) in [6.45, 7) is 7.88. The molecule has 0 N–H and O–H groups in total. The van der Waals surface area contributed by atoms with E-state index in [0.29, 0.717) is 6.42 Å². The molecule has 3 nitrogen and oxygen atoms in total. The van der Waals surface area contributed by atoms with E-state index in [2.05, 4.69) is 0 Å². The highest BCUT2D eigenvalue weighted by Gasteiger charge is 2.46. The summed E-state index contributed by atoms with van der Waals surface area (Å²) in [5, 5.41) is 0. The van der Waals surface area contributed by atoms with Gasteiger partial charge in [-0.1, -0.05) is 0 Å². The van der Waals surface area contributed by atoms with E-state index in [1.54, 1.807) is 7.11 Å². The minimum Gasteiger partial charge on any atom is -0.462 e. The van der Waals surface area contributed by atoms with Gasteiger partial charge in [0.05, 0.1) is 11.0 Å². The highest BCUT2D eigenvalue weighted by atomic mass is 16.6. The van der Waals surface area contributed by atoms with Gasteiger partial charge in [-0.15, -0.1) is 0 Å². The van der Waals surface area contributed by atoms with E-state index >= 15 is 0 Å². The second-order valence-corrected chi connectivity index (χ2v) is 5.12. The van der Waals surface area contributed by atoms with E-state index in [-0.39, 0.29) is 23.1 Å². The smallest absolute Gasteiger partial charge is 0.312 e. The Hall–Kier alpha value is -0.570. The minimum absolute atomic E-state index is 0.0418. The first-order valence-corrected chi connectivity index (χ1v) is 5.05. The summed E-state index contributed by atoms with van der Waals surface area (Å²) in [7, 11) is 1.67. The van der Waals surface area contributed by atoms with Crippen LogP contribution in [0.3, 0.4) is 0 Å². The zero-order chi connectivity index (χ0) is 11.0. The van der Waals surface area contributed by atoms with Crippen molar-refractivity contribution in [2.24, 2.45) is 5.41 Å². The first-order chi connectivity index (χ1) is 6.29. The fraction of sp³-hybridized carbons (Fsp3) is 0.909. The second kappa shape index (κ2) is 3.54. The van der Waals surface area contributed by atoms with Crippen LogP contribution < -0.4 is 0 Å². The van der Waals surface area contributed by atoms with Gasteiger partial charge >= 0.3 is 5.97 Å². The number of rotatable bonds is 3. The molecule has 0 spiro atoms. The van der Waals surface area contributed by atoms with Crippen LogP contribution in [0.5, 0.6) is 0 Å². The maximum atomic E-state index is 11.6. The van der Waals surface area contributed by atoms with Crippen molar-refractivity contribution in [1.82, 2.24) is 0 Å². The van der Waals surface area contributed by atoms with E-state index in [4.69, 9.17) is 9.47 Å². The van der Waals surface area contributed by atoms with E-state index in [0.717, 1.165) is 6.42 Å². The molecular formula is C11H20O3. The highest BCUT2D eigenvalue weighted by Crippen LogP contribution is 2.40. The third kappa shape index (κ3) is 2.27. The molecule has 0 aromatic heterocycles. The zero-order valence-electron chi connectivity index (χ0n) is 9.72. The van der Waals surface area contributed by atoms with Gasteiger partial charge < -0.3 is 9.47 Å². The molecule has 0 aromatic carbocycles. The van der Waals surface area contributed by atoms with Crippen molar-refractivity contribution >= 4 is 5.97 Å². The fourth-order valence-corrected chi connectivity index (χ4v) is 2.24. The zero-order valence-corrected chi connectivity index (χ0v) is 9.72. The third-order valence-electron chi connectivity index (χ3n) is 2.91. The van der Waals surface area contributed by atoms with E-state index < -0.39 is 0 Å². The number of hydrogen-bond acceptors (Lipinski definition) is 3. The molecular weight excluding hydrogens is 180 g/mol. The Morgan fingerprint density at radius 3 is 2.57 bits per heavy atom. The largest absolute Gasteiger partial charge is 0.462 e. The van der Waals surface area contributed by atoms with Crippen LogP contribution in [0.2, 0.25) is 0 Å². The van der Waals surface area contributed by atoms with Crippen molar-refractivity contribution in [3.63, 3.8) is 0 Å². The third-order valence-corrected chi connectivity index (χ3v) is 2.91. The molecule has 1 rings (SSSR count). The lowest BCUT2D eigenvalue weighted by Gasteiger charge is -2.30. The van der Waals surface area contributed by atoms with Crippen LogP contribution in [0.15, 0.2) is 0 Å². The number of methoxy groups -OCH3 is 1. The number of carbonyl (C=O) groups is 1. The number of carbonyl (C=O) groups excluding carboxylic acids is 1. The Labute approximate surface area is 85.8 Å². The molecule has 0 bridgehead atoms. The topological polar surface area (TPSA) is 35.5 Å². The van der Waals surface area contributed by atoms with E-state index in [9.17, 15) is 4.79 Å². The van der Waals surface area contributed by atoms with Gasteiger partial charge in [-0.2, -0.15) is 0 Å². The molecule has 2 atom stereocenters. The van der Waals surface area contributed by atoms with E-state index in [1.165, 1.54) is 0 Å². The summed E-state index contributed by atoms with van der Waals surface area (Å²) in [4.78, 5) is 11.6. The molecule has 1 saturated heterocycles. The molecule has 1 fully saturated rings. The van der Waals surface area contributed by atoms with Crippen LogP contribution in [-0.2, 0) is 14.3 Å². The first-order valence-electron chi connectivity index (χ1n) is 5.05. The van der Waals surface area contributed by atoms with Crippen molar-refractivity contribution in [3.05, 3.63) is 0 Å². The van der Waals surface area contributed by atoms with Crippen LogP contribution in [0.4, 0.5) is 0 Å². The van der Waals surface area contributed by atoms with Gasteiger partial charge in [-0.3, -0.25) is 4.79 Å². The molecule has 0 amide bonds. The maximum absolute atomic E-state index is 11.6. The molecule has 0 aliphatic carbocycles. The molecule has 0 saturated carbocycles. The summed E-state index contributed by atoms with van der Waals surface area (Å²) in [5.41, 5.74) is -0.642. The average Bonchev–Trinajstić information content (AvgIpc) is 2.24. The molecule has 1 aliphatic heterocycles. The quantitative estimate of drug-likeness (QED) is 0.655. The second-order valence-electron chi connectivity index (χ2n) is 5.12. The average molecular weight is 200 g/mol. The van der Waals surface area contributed by atoms with Crippen LogP contribution in [0, 0.1) is 5.41 Å². The SMILES string of the molecule is COC(C)(C)CC1(C)CC(C)OC1=O. The van der Waals surface area contributed by atoms with Crippen LogP contribution >= 0.6 is 0 Å². The summed E-state index contributed by atoms with van der Waals surface area (Å²) >= 11 is 0. The van der Waals surface area contributed by atoms with Crippen LogP contribution in [0.25, 0.3) is 0 Å². The summed E-state index contributed by atoms with van der Waals surface area (Å²) < 4.78 is 10.5. The molecule has 0 radical (unpaired) electrons.